The lowest BCUT2D eigenvalue weighted by Crippen LogP contribution is -2.54. The number of hydrogen-bond acceptors (Lipinski definition) is 3. The summed E-state index contributed by atoms with van der Waals surface area (Å²) >= 11 is 11.3. The highest BCUT2D eigenvalue weighted by Crippen LogP contribution is 2.22. The summed E-state index contributed by atoms with van der Waals surface area (Å²) in [4.78, 5) is 17.1. The van der Waals surface area contributed by atoms with Crippen molar-refractivity contribution in [3.63, 3.8) is 0 Å². The van der Waals surface area contributed by atoms with Crippen LogP contribution in [0.15, 0.2) is 18.2 Å². The Kier molecular flexibility index (Phi) is 5.19. The van der Waals surface area contributed by atoms with Crippen LogP contribution in [0, 0.1) is 6.92 Å². The number of piperazine rings is 1. The molecule has 2 N–H and O–H groups in total. The van der Waals surface area contributed by atoms with E-state index in [1.165, 1.54) is 0 Å². The van der Waals surface area contributed by atoms with E-state index in [0.29, 0.717) is 28.7 Å². The molecule has 0 spiro atoms. The molecule has 0 radical (unpaired) electrons. The van der Waals surface area contributed by atoms with Crippen LogP contribution in [-0.2, 0) is 0 Å². The lowest BCUT2D eigenvalue weighted by atomic mass is 10.1. The molecule has 0 aliphatic carbocycles. The molecule has 1 aliphatic rings. The minimum absolute atomic E-state index is 0.00803. The fraction of sp³-hybridized carbons (Fsp3) is 0.467. The number of halogens is 1. The van der Waals surface area contributed by atoms with Crippen LogP contribution in [0.5, 0.6) is 0 Å². The molecule has 1 aliphatic heterocycles. The third-order valence-electron chi connectivity index (χ3n) is 3.98. The average Bonchev–Trinajstić information content (AvgIpc) is 2.48. The molecule has 1 atom stereocenters. The minimum atomic E-state index is -0.00803. The van der Waals surface area contributed by atoms with Crippen molar-refractivity contribution >= 4 is 34.7 Å². The van der Waals surface area contributed by atoms with E-state index in [0.717, 1.165) is 18.7 Å². The quantitative estimate of drug-likeness (QED) is 0.864. The summed E-state index contributed by atoms with van der Waals surface area (Å²) in [6, 6.07) is 5.61. The van der Waals surface area contributed by atoms with Gasteiger partial charge in [-0.3, -0.25) is 9.69 Å². The van der Waals surface area contributed by atoms with Crippen LogP contribution in [0.25, 0.3) is 0 Å². The van der Waals surface area contributed by atoms with Gasteiger partial charge < -0.3 is 10.6 Å². The summed E-state index contributed by atoms with van der Waals surface area (Å²) in [7, 11) is 0. The summed E-state index contributed by atoms with van der Waals surface area (Å²) in [6.45, 7) is 6.77. The van der Waals surface area contributed by atoms with Gasteiger partial charge in [0, 0.05) is 26.2 Å². The number of aryl methyl sites for hydroxylation is 1. The van der Waals surface area contributed by atoms with Crippen molar-refractivity contribution in [2.24, 2.45) is 5.73 Å². The van der Waals surface area contributed by atoms with E-state index < -0.39 is 0 Å². The van der Waals surface area contributed by atoms with Gasteiger partial charge in [-0.2, -0.15) is 0 Å². The Morgan fingerprint density at radius 3 is 2.52 bits per heavy atom. The monoisotopic (exact) mass is 325 g/mol. The summed E-state index contributed by atoms with van der Waals surface area (Å²) in [5, 5.41) is 0.543. The average molecular weight is 326 g/mol. The number of nitrogens with zero attached hydrogens (tertiary/aromatic N) is 2. The van der Waals surface area contributed by atoms with Gasteiger partial charge in [-0.15, -0.1) is 0 Å². The number of hydrogen-bond donors (Lipinski definition) is 1. The molecular weight excluding hydrogens is 306 g/mol. The molecule has 1 fully saturated rings. The van der Waals surface area contributed by atoms with Crippen molar-refractivity contribution in [2.45, 2.75) is 19.9 Å². The maximum atomic E-state index is 12.6. The standard InChI is InChI=1S/C15H20ClN3OS/c1-10-4-3-5-12(13(10)16)15(20)19-8-6-18(7-9-19)11(2)14(17)21/h3-5,11H,6-9H2,1-2H3,(H2,17,21). The second-order valence-electron chi connectivity index (χ2n) is 5.34. The number of rotatable bonds is 3. The van der Waals surface area contributed by atoms with Crippen LogP contribution in [0.2, 0.25) is 5.02 Å². The van der Waals surface area contributed by atoms with Gasteiger partial charge in [-0.25, -0.2) is 0 Å². The van der Waals surface area contributed by atoms with Gasteiger partial charge in [-0.1, -0.05) is 36.0 Å². The summed E-state index contributed by atoms with van der Waals surface area (Å²) in [6.07, 6.45) is 0. The molecule has 114 valence electrons. The van der Waals surface area contributed by atoms with Crippen molar-refractivity contribution in [2.75, 3.05) is 26.2 Å². The zero-order chi connectivity index (χ0) is 15.6. The second kappa shape index (κ2) is 6.73. The van der Waals surface area contributed by atoms with E-state index in [9.17, 15) is 4.79 Å². The highest BCUT2D eigenvalue weighted by molar-refractivity contribution is 7.80. The van der Waals surface area contributed by atoms with E-state index in [2.05, 4.69) is 4.90 Å². The Hall–Kier alpha value is -1.17. The second-order valence-corrected chi connectivity index (χ2v) is 6.19. The zero-order valence-electron chi connectivity index (χ0n) is 12.3. The molecule has 0 saturated carbocycles. The van der Waals surface area contributed by atoms with Crippen LogP contribution >= 0.6 is 23.8 Å². The maximum Gasteiger partial charge on any atom is 0.255 e. The van der Waals surface area contributed by atoms with Crippen LogP contribution in [0.4, 0.5) is 0 Å². The minimum Gasteiger partial charge on any atom is -0.392 e. The SMILES string of the molecule is Cc1cccc(C(=O)N2CCN(C(C)C(N)=S)CC2)c1Cl. The van der Waals surface area contributed by atoms with E-state index in [1.54, 1.807) is 6.07 Å². The first-order valence-corrected chi connectivity index (χ1v) is 7.78. The number of benzene rings is 1. The molecule has 1 saturated heterocycles. The maximum absolute atomic E-state index is 12.6. The number of carbonyl (C=O) groups excluding carboxylic acids is 1. The van der Waals surface area contributed by atoms with Crippen molar-refractivity contribution < 1.29 is 4.79 Å². The fourth-order valence-corrected chi connectivity index (χ4v) is 2.83. The molecule has 2 rings (SSSR count). The lowest BCUT2D eigenvalue weighted by Gasteiger charge is -2.37. The van der Waals surface area contributed by atoms with Crippen molar-refractivity contribution in [1.82, 2.24) is 9.80 Å². The molecule has 1 amide bonds. The molecule has 1 heterocycles. The third-order valence-corrected chi connectivity index (χ3v) is 4.83. The molecule has 6 heteroatoms. The topological polar surface area (TPSA) is 49.6 Å². The van der Waals surface area contributed by atoms with Crippen molar-refractivity contribution in [3.8, 4) is 0 Å². The van der Waals surface area contributed by atoms with Crippen LogP contribution in [0.3, 0.4) is 0 Å². The van der Waals surface area contributed by atoms with Gasteiger partial charge >= 0.3 is 0 Å². The number of amides is 1. The Morgan fingerprint density at radius 1 is 1.33 bits per heavy atom. The van der Waals surface area contributed by atoms with Crippen molar-refractivity contribution in [1.29, 1.82) is 0 Å². The van der Waals surface area contributed by atoms with E-state index in [4.69, 9.17) is 29.6 Å². The van der Waals surface area contributed by atoms with Crippen LogP contribution < -0.4 is 5.73 Å². The highest BCUT2D eigenvalue weighted by atomic mass is 35.5. The predicted octanol–water partition coefficient (Wildman–Crippen LogP) is 2.08. The van der Waals surface area contributed by atoms with Crippen LogP contribution in [-0.4, -0.2) is 52.9 Å². The van der Waals surface area contributed by atoms with Crippen LogP contribution in [0.1, 0.15) is 22.8 Å². The lowest BCUT2D eigenvalue weighted by molar-refractivity contribution is 0.0622. The Labute approximate surface area is 135 Å². The predicted molar refractivity (Wildman–Crippen MR) is 89.9 cm³/mol. The number of nitrogens with two attached hydrogens (primary N) is 1. The van der Waals surface area contributed by atoms with Gasteiger partial charge in [0.1, 0.15) is 0 Å². The van der Waals surface area contributed by atoms with Gasteiger partial charge in [0.15, 0.2) is 0 Å². The third kappa shape index (κ3) is 3.54. The van der Waals surface area contributed by atoms with Gasteiger partial charge in [0.05, 0.1) is 21.6 Å². The number of carbonyl (C=O) groups is 1. The Morgan fingerprint density at radius 2 is 1.95 bits per heavy atom. The molecule has 0 bridgehead atoms. The first-order chi connectivity index (χ1) is 9.91. The highest BCUT2D eigenvalue weighted by Gasteiger charge is 2.26. The Balaban J connectivity index is 2.04. The number of thiocarbonyl (C=S) groups is 1. The summed E-state index contributed by atoms with van der Waals surface area (Å²) in [5.74, 6) is -0.00803. The van der Waals surface area contributed by atoms with E-state index in [1.807, 2.05) is 30.9 Å². The summed E-state index contributed by atoms with van der Waals surface area (Å²) in [5.41, 5.74) is 7.18. The molecule has 1 unspecified atom stereocenters. The molecule has 0 aromatic heterocycles. The van der Waals surface area contributed by atoms with Gasteiger partial charge in [-0.05, 0) is 25.5 Å². The summed E-state index contributed by atoms with van der Waals surface area (Å²) < 4.78 is 0. The largest absolute Gasteiger partial charge is 0.392 e. The molecule has 1 aromatic rings. The van der Waals surface area contributed by atoms with Crippen molar-refractivity contribution in [3.05, 3.63) is 34.3 Å². The first-order valence-electron chi connectivity index (χ1n) is 6.99. The normalized spacial score (nSPS) is 17.6. The zero-order valence-corrected chi connectivity index (χ0v) is 13.9. The molecule has 1 aromatic carbocycles. The van der Waals surface area contributed by atoms with Gasteiger partial charge in [0.2, 0.25) is 0 Å². The van der Waals surface area contributed by atoms with E-state index in [-0.39, 0.29) is 11.9 Å². The molecular formula is C15H20ClN3OS. The molecule has 4 nitrogen and oxygen atoms in total. The fourth-order valence-electron chi connectivity index (χ4n) is 2.48. The molecule has 21 heavy (non-hydrogen) atoms. The Bertz CT molecular complexity index is 556. The van der Waals surface area contributed by atoms with E-state index >= 15 is 0 Å². The smallest absolute Gasteiger partial charge is 0.255 e. The first kappa shape index (κ1) is 16.2. The van der Waals surface area contributed by atoms with Gasteiger partial charge in [0.25, 0.3) is 5.91 Å².